The fourth-order valence-corrected chi connectivity index (χ4v) is 4.47. The van der Waals surface area contributed by atoms with Crippen molar-refractivity contribution in [2.45, 2.75) is 44.8 Å². The Morgan fingerprint density at radius 2 is 2.00 bits per heavy atom. The molecule has 0 aromatic carbocycles. The standard InChI is InChI=1S/C15H22O5/c1-14-7-5-11(16)12(13(17)18-2)10(14)4-3-6-15(14)19-8-9-20-15/h10,12H,3-9H2,1-2H3/t10-,12-,14-/m0/s1. The highest BCUT2D eigenvalue weighted by molar-refractivity contribution is 6.00. The number of hydrogen-bond acceptors (Lipinski definition) is 5. The topological polar surface area (TPSA) is 61.8 Å². The SMILES string of the molecule is COC(=O)[C@@H]1C(=O)CC[C@@]2(C)[C@H]1CCCC21OCCO1. The third-order valence-corrected chi connectivity index (χ3v) is 5.56. The Hall–Kier alpha value is -0.940. The quantitative estimate of drug-likeness (QED) is 0.541. The number of fused-ring (bicyclic) bond motifs is 2. The maximum atomic E-state index is 12.2. The molecule has 3 atom stereocenters. The van der Waals surface area contributed by atoms with E-state index in [1.807, 2.05) is 0 Å². The Labute approximate surface area is 118 Å². The summed E-state index contributed by atoms with van der Waals surface area (Å²) in [5.74, 6) is -1.69. The van der Waals surface area contributed by atoms with E-state index >= 15 is 0 Å². The molecule has 20 heavy (non-hydrogen) atoms. The van der Waals surface area contributed by atoms with E-state index in [1.54, 1.807) is 0 Å². The lowest BCUT2D eigenvalue weighted by Gasteiger charge is -2.56. The lowest BCUT2D eigenvalue weighted by molar-refractivity contribution is -0.278. The van der Waals surface area contributed by atoms with Crippen molar-refractivity contribution in [3.8, 4) is 0 Å². The summed E-state index contributed by atoms with van der Waals surface area (Å²) in [6.07, 6.45) is 3.75. The average Bonchev–Trinajstić information content (AvgIpc) is 2.91. The van der Waals surface area contributed by atoms with Gasteiger partial charge in [0.05, 0.1) is 20.3 Å². The predicted molar refractivity (Wildman–Crippen MR) is 69.8 cm³/mol. The van der Waals surface area contributed by atoms with Gasteiger partial charge in [-0.3, -0.25) is 9.59 Å². The van der Waals surface area contributed by atoms with Gasteiger partial charge in [0.25, 0.3) is 0 Å². The van der Waals surface area contributed by atoms with Crippen LogP contribution in [0.2, 0.25) is 0 Å². The summed E-state index contributed by atoms with van der Waals surface area (Å²) in [7, 11) is 1.35. The number of ether oxygens (including phenoxy) is 3. The molecule has 0 bridgehead atoms. The first-order valence-electron chi connectivity index (χ1n) is 7.42. The normalized spacial score (nSPS) is 39.6. The number of ketones is 1. The number of carbonyl (C=O) groups is 2. The lowest BCUT2D eigenvalue weighted by atomic mass is 9.53. The summed E-state index contributed by atoms with van der Waals surface area (Å²) in [6, 6.07) is 0. The van der Waals surface area contributed by atoms with Crippen LogP contribution in [0.4, 0.5) is 0 Å². The molecule has 0 radical (unpaired) electrons. The van der Waals surface area contributed by atoms with E-state index in [0.29, 0.717) is 19.6 Å². The zero-order valence-electron chi connectivity index (χ0n) is 12.1. The van der Waals surface area contributed by atoms with Gasteiger partial charge in [0, 0.05) is 18.3 Å². The minimum atomic E-state index is -0.649. The third-order valence-electron chi connectivity index (χ3n) is 5.56. The Morgan fingerprint density at radius 3 is 2.65 bits per heavy atom. The molecule has 112 valence electrons. The Morgan fingerprint density at radius 1 is 1.30 bits per heavy atom. The van der Waals surface area contributed by atoms with Gasteiger partial charge in [0.15, 0.2) is 5.79 Å². The van der Waals surface area contributed by atoms with Crippen molar-refractivity contribution in [1.29, 1.82) is 0 Å². The summed E-state index contributed by atoms with van der Waals surface area (Å²) >= 11 is 0. The lowest BCUT2D eigenvalue weighted by Crippen LogP contribution is -2.60. The van der Waals surface area contributed by atoms with E-state index in [2.05, 4.69) is 6.92 Å². The summed E-state index contributed by atoms with van der Waals surface area (Å²) in [4.78, 5) is 24.3. The molecule has 0 aromatic rings. The van der Waals surface area contributed by atoms with Crippen molar-refractivity contribution < 1.29 is 23.8 Å². The number of esters is 1. The van der Waals surface area contributed by atoms with Gasteiger partial charge in [-0.2, -0.15) is 0 Å². The van der Waals surface area contributed by atoms with Gasteiger partial charge < -0.3 is 14.2 Å². The molecule has 0 unspecified atom stereocenters. The number of carbonyl (C=O) groups excluding carboxylic acids is 2. The van der Waals surface area contributed by atoms with Gasteiger partial charge in [-0.25, -0.2) is 0 Å². The highest BCUT2D eigenvalue weighted by Gasteiger charge is 2.63. The summed E-state index contributed by atoms with van der Waals surface area (Å²) in [5, 5.41) is 0. The third kappa shape index (κ3) is 1.76. The van der Waals surface area contributed by atoms with Crippen molar-refractivity contribution in [3.05, 3.63) is 0 Å². The molecule has 0 amide bonds. The highest BCUT2D eigenvalue weighted by atomic mass is 16.7. The van der Waals surface area contributed by atoms with Crippen LogP contribution in [-0.2, 0) is 23.8 Å². The summed E-state index contributed by atoms with van der Waals surface area (Å²) < 4.78 is 16.8. The predicted octanol–water partition coefficient (Wildman–Crippen LogP) is 1.69. The minimum absolute atomic E-state index is 0.00868. The van der Waals surface area contributed by atoms with Crippen LogP contribution in [0.15, 0.2) is 0 Å². The first-order valence-corrected chi connectivity index (χ1v) is 7.42. The van der Waals surface area contributed by atoms with Crippen molar-refractivity contribution in [1.82, 2.24) is 0 Å². The van der Waals surface area contributed by atoms with E-state index < -0.39 is 17.7 Å². The molecule has 1 heterocycles. The Kier molecular flexibility index (Phi) is 3.37. The molecule has 3 aliphatic rings. The van der Waals surface area contributed by atoms with Crippen LogP contribution in [0.5, 0.6) is 0 Å². The molecular weight excluding hydrogens is 260 g/mol. The number of methoxy groups -OCH3 is 1. The Balaban J connectivity index is 1.98. The van der Waals surface area contributed by atoms with Gasteiger partial charge in [0.2, 0.25) is 0 Å². The van der Waals surface area contributed by atoms with E-state index in [1.165, 1.54) is 7.11 Å². The van der Waals surface area contributed by atoms with Gasteiger partial charge in [-0.15, -0.1) is 0 Å². The van der Waals surface area contributed by atoms with E-state index in [4.69, 9.17) is 14.2 Å². The summed E-state index contributed by atoms with van der Waals surface area (Å²) in [6.45, 7) is 3.31. The van der Waals surface area contributed by atoms with Crippen molar-refractivity contribution in [3.63, 3.8) is 0 Å². The average molecular weight is 282 g/mol. The van der Waals surface area contributed by atoms with Crippen LogP contribution >= 0.6 is 0 Å². The molecule has 5 nitrogen and oxygen atoms in total. The molecule has 5 heteroatoms. The van der Waals surface area contributed by atoms with Gasteiger partial charge in [-0.1, -0.05) is 6.92 Å². The number of Topliss-reactive ketones (excluding diaryl/α,β-unsaturated/α-hetero) is 1. The number of hydrogen-bond donors (Lipinski definition) is 0. The molecule has 0 aromatic heterocycles. The van der Waals surface area contributed by atoms with E-state index in [0.717, 1.165) is 25.7 Å². The van der Waals surface area contributed by atoms with Crippen LogP contribution < -0.4 is 0 Å². The largest absolute Gasteiger partial charge is 0.468 e. The van der Waals surface area contributed by atoms with Gasteiger partial charge in [-0.05, 0) is 25.2 Å². The second-order valence-electron chi connectivity index (χ2n) is 6.33. The van der Waals surface area contributed by atoms with E-state index in [-0.39, 0.29) is 17.1 Å². The second-order valence-corrected chi connectivity index (χ2v) is 6.33. The van der Waals surface area contributed by atoms with Crippen LogP contribution in [0.25, 0.3) is 0 Å². The van der Waals surface area contributed by atoms with Crippen molar-refractivity contribution >= 4 is 11.8 Å². The fourth-order valence-electron chi connectivity index (χ4n) is 4.47. The smallest absolute Gasteiger partial charge is 0.316 e. The van der Waals surface area contributed by atoms with Gasteiger partial charge >= 0.3 is 5.97 Å². The zero-order chi connectivity index (χ0) is 14.4. The highest BCUT2D eigenvalue weighted by Crippen LogP contribution is 2.59. The second kappa shape index (κ2) is 4.81. The van der Waals surface area contributed by atoms with Crippen molar-refractivity contribution in [2.24, 2.45) is 17.3 Å². The maximum Gasteiger partial charge on any atom is 0.316 e. The Bertz CT molecular complexity index is 418. The van der Waals surface area contributed by atoms with Crippen molar-refractivity contribution in [2.75, 3.05) is 20.3 Å². The molecule has 2 saturated carbocycles. The molecule has 3 fully saturated rings. The molecule has 1 saturated heterocycles. The molecule has 0 N–H and O–H groups in total. The van der Waals surface area contributed by atoms with Crippen LogP contribution in [0.3, 0.4) is 0 Å². The number of rotatable bonds is 1. The zero-order valence-corrected chi connectivity index (χ0v) is 12.1. The molecule has 2 aliphatic carbocycles. The first kappa shape index (κ1) is 14.0. The van der Waals surface area contributed by atoms with Crippen LogP contribution in [0.1, 0.15) is 39.0 Å². The molecule has 1 spiro atoms. The summed E-state index contributed by atoms with van der Waals surface area (Å²) in [5.41, 5.74) is -0.283. The monoisotopic (exact) mass is 282 g/mol. The first-order chi connectivity index (χ1) is 9.54. The minimum Gasteiger partial charge on any atom is -0.468 e. The fraction of sp³-hybridized carbons (Fsp3) is 0.867. The van der Waals surface area contributed by atoms with E-state index in [9.17, 15) is 9.59 Å². The molecular formula is C15H22O5. The maximum absolute atomic E-state index is 12.2. The molecule has 1 aliphatic heterocycles. The molecule has 3 rings (SSSR count). The van der Waals surface area contributed by atoms with Crippen LogP contribution in [0, 0.1) is 17.3 Å². The van der Waals surface area contributed by atoms with Crippen LogP contribution in [-0.4, -0.2) is 37.9 Å². The van der Waals surface area contributed by atoms with Gasteiger partial charge in [0.1, 0.15) is 11.7 Å².